The Balaban J connectivity index is 3.15. The van der Waals surface area contributed by atoms with Gasteiger partial charge in [0, 0.05) is 6.26 Å². The minimum Gasteiger partial charge on any atom is -0.344 e. The fourth-order valence-corrected chi connectivity index (χ4v) is 2.42. The highest BCUT2D eigenvalue weighted by atomic mass is 32.2. The van der Waals surface area contributed by atoms with Gasteiger partial charge in [-0.05, 0) is 25.5 Å². The predicted octanol–water partition coefficient (Wildman–Crippen LogP) is 1.77. The van der Waals surface area contributed by atoms with Crippen molar-refractivity contribution in [3.05, 3.63) is 48.0 Å². The molecule has 19 heavy (non-hydrogen) atoms. The van der Waals surface area contributed by atoms with Crippen molar-refractivity contribution < 1.29 is 13.2 Å². The van der Waals surface area contributed by atoms with E-state index in [0.717, 1.165) is 17.2 Å². The summed E-state index contributed by atoms with van der Waals surface area (Å²) < 4.78 is 23.4. The quantitative estimate of drug-likeness (QED) is 0.837. The number of carbonyl (C=O) groups is 1. The first-order valence-corrected chi connectivity index (χ1v) is 7.89. The number of amides is 1. The molecule has 0 bridgehead atoms. The van der Waals surface area contributed by atoms with Crippen LogP contribution in [-0.4, -0.2) is 25.8 Å². The van der Waals surface area contributed by atoms with Crippen LogP contribution in [0.15, 0.2) is 36.9 Å². The second-order valence-corrected chi connectivity index (χ2v) is 7.04. The minimum absolute atomic E-state index is 0.388. The maximum Gasteiger partial charge on any atom is 0.243 e. The van der Waals surface area contributed by atoms with Gasteiger partial charge in [-0.2, -0.15) is 0 Å². The lowest BCUT2D eigenvalue weighted by Crippen LogP contribution is -2.37. The Kier molecular flexibility index (Phi) is 4.89. The van der Waals surface area contributed by atoms with Crippen LogP contribution < -0.4 is 5.32 Å². The highest BCUT2D eigenvalue weighted by Crippen LogP contribution is 2.22. The zero-order valence-corrected chi connectivity index (χ0v) is 12.2. The number of benzene rings is 1. The third kappa shape index (κ3) is 4.21. The molecule has 0 unspecified atom stereocenters. The lowest BCUT2D eigenvalue weighted by atomic mass is 10.0. The number of sulfone groups is 1. The molecule has 104 valence electrons. The second kappa shape index (κ2) is 6.02. The van der Waals surface area contributed by atoms with Gasteiger partial charge in [0.1, 0.15) is 0 Å². The van der Waals surface area contributed by atoms with E-state index in [-0.39, 0.29) is 5.91 Å². The van der Waals surface area contributed by atoms with Gasteiger partial charge in [0.25, 0.3) is 0 Å². The average Bonchev–Trinajstić information content (AvgIpc) is 2.35. The van der Waals surface area contributed by atoms with E-state index < -0.39 is 21.1 Å². The topological polar surface area (TPSA) is 63.2 Å². The number of hydrogen-bond acceptors (Lipinski definition) is 3. The highest BCUT2D eigenvalue weighted by molar-refractivity contribution is 7.91. The lowest BCUT2D eigenvalue weighted by molar-refractivity contribution is -0.117. The molecular weight excluding hydrogens is 262 g/mol. The molecule has 5 heteroatoms. The van der Waals surface area contributed by atoms with Crippen molar-refractivity contribution in [2.75, 3.05) is 6.26 Å². The molecule has 0 saturated carbocycles. The van der Waals surface area contributed by atoms with Crippen LogP contribution in [-0.2, 0) is 14.6 Å². The summed E-state index contributed by atoms with van der Waals surface area (Å²) in [5.41, 5.74) is 1.84. The highest BCUT2D eigenvalue weighted by Gasteiger charge is 2.28. The third-order valence-corrected chi connectivity index (χ3v) is 4.69. The van der Waals surface area contributed by atoms with Crippen LogP contribution >= 0.6 is 0 Å². The summed E-state index contributed by atoms with van der Waals surface area (Å²) in [5.74, 6) is -0.388. The fourth-order valence-electron chi connectivity index (χ4n) is 1.70. The first-order chi connectivity index (χ1) is 8.75. The van der Waals surface area contributed by atoms with Crippen LogP contribution in [0.4, 0.5) is 0 Å². The molecule has 0 radical (unpaired) electrons. The summed E-state index contributed by atoms with van der Waals surface area (Å²) in [6.07, 6.45) is 2.30. The molecule has 4 nitrogen and oxygen atoms in total. The van der Waals surface area contributed by atoms with E-state index in [1.165, 1.54) is 6.26 Å². The monoisotopic (exact) mass is 281 g/mol. The van der Waals surface area contributed by atoms with Crippen molar-refractivity contribution in [1.29, 1.82) is 0 Å². The summed E-state index contributed by atoms with van der Waals surface area (Å²) in [5, 5.41) is 1.96. The number of nitrogens with one attached hydrogen (secondary N) is 1. The number of aryl methyl sites for hydroxylation is 1. The number of hydrogen-bond donors (Lipinski definition) is 1. The van der Waals surface area contributed by atoms with Crippen molar-refractivity contribution in [3.8, 4) is 0 Å². The molecule has 0 saturated heterocycles. The van der Waals surface area contributed by atoms with E-state index >= 15 is 0 Å². The van der Waals surface area contributed by atoms with Gasteiger partial charge in [-0.1, -0.05) is 36.4 Å². The molecule has 0 fully saturated rings. The molecule has 1 aromatic rings. The molecule has 1 N–H and O–H groups in total. The molecule has 0 aliphatic rings. The first-order valence-electron chi connectivity index (χ1n) is 5.94. The Morgan fingerprint density at radius 2 is 1.84 bits per heavy atom. The van der Waals surface area contributed by atoms with Gasteiger partial charge in [0.2, 0.25) is 5.91 Å². The standard InChI is InChI=1S/C14H19NO3S/c1-5-13(16)15-14(11(3)19(4,17)18)12-8-6-10(2)7-9-12/h5-9,11,14H,1H2,2-4H3,(H,15,16)/t11-,14+/m0/s1. The van der Waals surface area contributed by atoms with Gasteiger partial charge < -0.3 is 5.32 Å². The van der Waals surface area contributed by atoms with E-state index in [4.69, 9.17) is 0 Å². The molecule has 0 aromatic heterocycles. The van der Waals surface area contributed by atoms with Crippen LogP contribution in [0.5, 0.6) is 0 Å². The maximum atomic E-state index is 11.7. The van der Waals surface area contributed by atoms with Gasteiger partial charge in [0.15, 0.2) is 9.84 Å². The summed E-state index contributed by atoms with van der Waals surface area (Å²) in [4.78, 5) is 11.5. The molecule has 1 rings (SSSR count). The Bertz CT molecular complexity index is 561. The minimum atomic E-state index is -3.26. The Hall–Kier alpha value is -1.62. The first kappa shape index (κ1) is 15.4. The smallest absolute Gasteiger partial charge is 0.243 e. The zero-order chi connectivity index (χ0) is 14.6. The normalized spacial score (nSPS) is 14.5. The van der Waals surface area contributed by atoms with Crippen molar-refractivity contribution in [2.24, 2.45) is 0 Å². The van der Waals surface area contributed by atoms with E-state index in [1.54, 1.807) is 6.92 Å². The van der Waals surface area contributed by atoms with E-state index in [1.807, 2.05) is 31.2 Å². The summed E-state index contributed by atoms with van der Waals surface area (Å²) >= 11 is 0. The maximum absolute atomic E-state index is 11.7. The molecule has 0 aliphatic heterocycles. The van der Waals surface area contributed by atoms with E-state index in [2.05, 4.69) is 11.9 Å². The van der Waals surface area contributed by atoms with Gasteiger partial charge in [-0.3, -0.25) is 4.79 Å². The van der Waals surface area contributed by atoms with E-state index in [0.29, 0.717) is 0 Å². The van der Waals surface area contributed by atoms with Crippen molar-refractivity contribution in [3.63, 3.8) is 0 Å². The summed E-state index contributed by atoms with van der Waals surface area (Å²) in [7, 11) is -3.26. The van der Waals surface area contributed by atoms with Crippen LogP contribution in [0.25, 0.3) is 0 Å². The molecule has 0 aliphatic carbocycles. The molecule has 1 amide bonds. The van der Waals surface area contributed by atoms with Gasteiger partial charge in [-0.25, -0.2) is 8.42 Å². The van der Waals surface area contributed by atoms with Crippen molar-refractivity contribution >= 4 is 15.7 Å². The summed E-state index contributed by atoms with van der Waals surface area (Å²) in [6, 6.07) is 6.84. The molecule has 1 aromatic carbocycles. The Morgan fingerprint density at radius 1 is 1.32 bits per heavy atom. The number of carbonyl (C=O) groups excluding carboxylic acids is 1. The van der Waals surface area contributed by atoms with Crippen molar-refractivity contribution in [2.45, 2.75) is 25.1 Å². The molecule has 2 atom stereocenters. The van der Waals surface area contributed by atoms with Crippen LogP contribution in [0.2, 0.25) is 0 Å². The largest absolute Gasteiger partial charge is 0.344 e. The van der Waals surface area contributed by atoms with Crippen LogP contribution in [0, 0.1) is 6.92 Å². The predicted molar refractivity (Wildman–Crippen MR) is 76.6 cm³/mol. The number of rotatable bonds is 5. The van der Waals surface area contributed by atoms with Gasteiger partial charge in [-0.15, -0.1) is 0 Å². The van der Waals surface area contributed by atoms with E-state index in [9.17, 15) is 13.2 Å². The third-order valence-electron chi connectivity index (χ3n) is 3.06. The fraction of sp³-hybridized carbons (Fsp3) is 0.357. The van der Waals surface area contributed by atoms with Crippen molar-refractivity contribution in [1.82, 2.24) is 5.32 Å². The Morgan fingerprint density at radius 3 is 2.26 bits per heavy atom. The van der Waals surface area contributed by atoms with Gasteiger partial charge >= 0.3 is 0 Å². The average molecular weight is 281 g/mol. The van der Waals surface area contributed by atoms with Crippen LogP contribution in [0.3, 0.4) is 0 Å². The SMILES string of the molecule is C=CC(=O)N[C@@H](c1ccc(C)cc1)[C@H](C)S(C)(=O)=O. The second-order valence-electron chi connectivity index (χ2n) is 4.64. The molecular formula is C14H19NO3S. The molecule has 0 spiro atoms. The Labute approximate surface area is 114 Å². The van der Waals surface area contributed by atoms with Crippen LogP contribution in [0.1, 0.15) is 24.1 Å². The molecule has 0 heterocycles. The lowest BCUT2D eigenvalue weighted by Gasteiger charge is -2.24. The van der Waals surface area contributed by atoms with Gasteiger partial charge in [0.05, 0.1) is 11.3 Å². The summed E-state index contributed by atoms with van der Waals surface area (Å²) in [6.45, 7) is 6.91. The zero-order valence-electron chi connectivity index (χ0n) is 11.4.